The van der Waals surface area contributed by atoms with Crippen molar-refractivity contribution < 1.29 is 9.63 Å². The summed E-state index contributed by atoms with van der Waals surface area (Å²) >= 11 is 1.65. The van der Waals surface area contributed by atoms with Crippen molar-refractivity contribution in [1.82, 2.24) is 10.1 Å². The number of aliphatic hydroxyl groups is 1. The maximum Gasteiger partial charge on any atom is 0.133 e. The van der Waals surface area contributed by atoms with Gasteiger partial charge in [0, 0.05) is 24.0 Å². The lowest BCUT2D eigenvalue weighted by atomic mass is 10.1. The Morgan fingerprint density at radius 1 is 1.38 bits per heavy atom. The van der Waals surface area contributed by atoms with Crippen molar-refractivity contribution in [2.45, 2.75) is 39.5 Å². The van der Waals surface area contributed by atoms with Crippen LogP contribution in [0.2, 0.25) is 0 Å². The molecule has 2 heterocycles. The molecule has 0 atom stereocenters. The van der Waals surface area contributed by atoms with E-state index in [1.165, 1.54) is 4.88 Å². The molecule has 112 valence electrons. The highest BCUT2D eigenvalue weighted by Crippen LogP contribution is 2.18. The number of aryl methyl sites for hydroxylation is 1. The van der Waals surface area contributed by atoms with Gasteiger partial charge in [-0.3, -0.25) is 4.90 Å². The summed E-state index contributed by atoms with van der Waals surface area (Å²) in [5.41, 5.74) is -0.0141. The summed E-state index contributed by atoms with van der Waals surface area (Å²) < 4.78 is 5.07. The Labute approximate surface area is 129 Å². The first-order valence-electron chi connectivity index (χ1n) is 6.77. The third-order valence-corrected chi connectivity index (χ3v) is 3.67. The average molecular weight is 304 g/mol. The van der Waals surface area contributed by atoms with Crippen LogP contribution in [0.25, 0.3) is 0 Å². The van der Waals surface area contributed by atoms with Crippen LogP contribution in [0.4, 0.5) is 0 Å². The van der Waals surface area contributed by atoms with E-state index in [1.54, 1.807) is 25.2 Å². The Balaban J connectivity index is 1.94. The van der Waals surface area contributed by atoms with Crippen LogP contribution in [0.5, 0.6) is 0 Å². The van der Waals surface area contributed by atoms with Crippen LogP contribution >= 0.6 is 11.3 Å². The Morgan fingerprint density at radius 2 is 2.14 bits per heavy atom. The molecular formula is C16H20N2O2S. The number of hydrogen-bond acceptors (Lipinski definition) is 5. The fraction of sp³-hybridized carbons (Fsp3) is 0.438. The first-order valence-corrected chi connectivity index (χ1v) is 7.58. The van der Waals surface area contributed by atoms with Gasteiger partial charge in [0.2, 0.25) is 0 Å². The molecule has 0 saturated heterocycles. The quantitative estimate of drug-likeness (QED) is 0.883. The van der Waals surface area contributed by atoms with Crippen LogP contribution in [-0.4, -0.2) is 27.8 Å². The summed E-state index contributed by atoms with van der Waals surface area (Å²) in [7, 11) is 2.05. The molecule has 0 saturated carbocycles. The molecule has 0 aliphatic heterocycles. The number of aromatic nitrogens is 1. The molecule has 5 heteroatoms. The second-order valence-electron chi connectivity index (χ2n) is 5.68. The van der Waals surface area contributed by atoms with E-state index in [2.05, 4.69) is 28.0 Å². The zero-order valence-corrected chi connectivity index (χ0v) is 13.6. The molecule has 0 amide bonds. The van der Waals surface area contributed by atoms with Crippen molar-refractivity contribution in [2.24, 2.45) is 0 Å². The summed E-state index contributed by atoms with van der Waals surface area (Å²) in [4.78, 5) is 4.38. The average Bonchev–Trinajstić information content (AvgIpc) is 2.95. The first-order chi connectivity index (χ1) is 9.82. The molecule has 2 aromatic rings. The zero-order chi connectivity index (χ0) is 15.5. The Kier molecular flexibility index (Phi) is 4.84. The Hall–Kier alpha value is -1.61. The van der Waals surface area contributed by atoms with Crippen LogP contribution in [0, 0.1) is 18.8 Å². The molecule has 1 N–H and O–H groups in total. The van der Waals surface area contributed by atoms with Gasteiger partial charge in [0.05, 0.1) is 10.6 Å². The van der Waals surface area contributed by atoms with Crippen molar-refractivity contribution in [2.75, 3.05) is 7.05 Å². The van der Waals surface area contributed by atoms with E-state index >= 15 is 0 Å². The minimum atomic E-state index is -0.953. The van der Waals surface area contributed by atoms with E-state index in [-0.39, 0.29) is 0 Å². The molecule has 0 spiro atoms. The maximum atomic E-state index is 9.60. The van der Waals surface area contributed by atoms with E-state index in [4.69, 9.17) is 4.52 Å². The summed E-state index contributed by atoms with van der Waals surface area (Å²) in [5.74, 6) is 6.66. The van der Waals surface area contributed by atoms with Gasteiger partial charge in [-0.05, 0) is 40.0 Å². The summed E-state index contributed by atoms with van der Waals surface area (Å²) in [6.45, 7) is 6.84. The van der Waals surface area contributed by atoms with E-state index in [9.17, 15) is 5.11 Å². The van der Waals surface area contributed by atoms with E-state index in [0.29, 0.717) is 0 Å². The highest BCUT2D eigenvalue weighted by molar-refractivity contribution is 7.12. The Morgan fingerprint density at radius 3 is 2.76 bits per heavy atom. The van der Waals surface area contributed by atoms with Gasteiger partial charge in [0.15, 0.2) is 0 Å². The lowest BCUT2D eigenvalue weighted by Gasteiger charge is -2.13. The van der Waals surface area contributed by atoms with Gasteiger partial charge in [-0.1, -0.05) is 17.0 Å². The van der Waals surface area contributed by atoms with Crippen molar-refractivity contribution in [3.8, 4) is 11.8 Å². The summed E-state index contributed by atoms with van der Waals surface area (Å²) in [5, 5.41) is 13.6. The van der Waals surface area contributed by atoms with E-state index in [0.717, 1.165) is 29.4 Å². The lowest BCUT2D eigenvalue weighted by Crippen LogP contribution is -2.16. The van der Waals surface area contributed by atoms with Gasteiger partial charge in [0.1, 0.15) is 11.4 Å². The van der Waals surface area contributed by atoms with Gasteiger partial charge >= 0.3 is 0 Å². The van der Waals surface area contributed by atoms with Gasteiger partial charge in [0.25, 0.3) is 0 Å². The van der Waals surface area contributed by atoms with Crippen LogP contribution in [0.3, 0.4) is 0 Å². The van der Waals surface area contributed by atoms with Crippen molar-refractivity contribution in [3.63, 3.8) is 0 Å². The van der Waals surface area contributed by atoms with Crippen molar-refractivity contribution >= 4 is 11.3 Å². The molecule has 2 rings (SSSR count). The van der Waals surface area contributed by atoms with Gasteiger partial charge < -0.3 is 9.63 Å². The highest BCUT2D eigenvalue weighted by Gasteiger charge is 2.08. The second-order valence-corrected chi connectivity index (χ2v) is 6.84. The number of hydrogen-bond donors (Lipinski definition) is 1. The standard InChI is InChI=1S/C16H20N2O2S/c1-12-9-13(17-20-12)10-18(4)11-15-6-5-14(21-15)7-8-16(2,3)19/h5-6,9,19H,10-11H2,1-4H3. The van der Waals surface area contributed by atoms with Crippen molar-refractivity contribution in [3.05, 3.63) is 39.4 Å². The van der Waals surface area contributed by atoms with Gasteiger partial charge in [-0.2, -0.15) is 0 Å². The first kappa shape index (κ1) is 15.8. The number of nitrogens with zero attached hydrogens (tertiary/aromatic N) is 2. The molecule has 0 aromatic carbocycles. The molecule has 0 aliphatic rings. The minimum Gasteiger partial charge on any atom is -0.378 e. The fourth-order valence-corrected chi connectivity index (χ4v) is 2.78. The van der Waals surface area contributed by atoms with Gasteiger partial charge in [-0.25, -0.2) is 0 Å². The molecule has 2 aromatic heterocycles. The molecule has 4 nitrogen and oxygen atoms in total. The molecule has 0 radical (unpaired) electrons. The van der Waals surface area contributed by atoms with Gasteiger partial charge in [-0.15, -0.1) is 11.3 Å². The lowest BCUT2D eigenvalue weighted by molar-refractivity contribution is 0.143. The van der Waals surface area contributed by atoms with E-state index < -0.39 is 5.60 Å². The molecule has 0 bridgehead atoms. The molecule has 0 fully saturated rings. The molecule has 0 unspecified atom stereocenters. The monoisotopic (exact) mass is 304 g/mol. The smallest absolute Gasteiger partial charge is 0.133 e. The van der Waals surface area contributed by atoms with E-state index in [1.807, 2.05) is 26.1 Å². The SMILES string of the molecule is Cc1cc(CN(C)Cc2ccc(C#CC(C)(C)O)s2)no1. The highest BCUT2D eigenvalue weighted by atomic mass is 32.1. The van der Waals surface area contributed by atoms with Crippen molar-refractivity contribution in [1.29, 1.82) is 0 Å². The predicted octanol–water partition coefficient (Wildman–Crippen LogP) is 2.80. The third-order valence-electron chi connectivity index (χ3n) is 2.69. The third kappa shape index (κ3) is 5.35. The number of rotatable bonds is 4. The molecule has 21 heavy (non-hydrogen) atoms. The Bertz CT molecular complexity index is 656. The summed E-state index contributed by atoms with van der Waals surface area (Å²) in [6, 6.07) is 6.02. The normalized spacial score (nSPS) is 11.5. The zero-order valence-electron chi connectivity index (χ0n) is 12.8. The largest absolute Gasteiger partial charge is 0.378 e. The molecule has 0 aliphatic carbocycles. The second kappa shape index (κ2) is 6.44. The minimum absolute atomic E-state index is 0.750. The van der Waals surface area contributed by atoms with Crippen LogP contribution in [0.15, 0.2) is 22.7 Å². The summed E-state index contributed by atoms with van der Waals surface area (Å²) in [6.07, 6.45) is 0. The predicted molar refractivity (Wildman–Crippen MR) is 83.9 cm³/mol. The fourth-order valence-electron chi connectivity index (χ4n) is 1.84. The van der Waals surface area contributed by atoms with Crippen LogP contribution in [0.1, 0.15) is 35.1 Å². The topological polar surface area (TPSA) is 49.5 Å². The maximum absolute atomic E-state index is 9.60. The van der Waals surface area contributed by atoms with Crippen LogP contribution < -0.4 is 0 Å². The molecular weight excluding hydrogens is 284 g/mol. The number of thiophene rings is 1. The van der Waals surface area contributed by atoms with Crippen LogP contribution in [-0.2, 0) is 13.1 Å².